The number of hydrogen-bond donors (Lipinski definition) is 1. The Hall–Kier alpha value is -3.73. The van der Waals surface area contributed by atoms with Crippen molar-refractivity contribution in [3.63, 3.8) is 0 Å². The van der Waals surface area contributed by atoms with Crippen LogP contribution >= 0.6 is 0 Å². The van der Waals surface area contributed by atoms with Crippen molar-refractivity contribution in [1.29, 1.82) is 0 Å². The predicted molar refractivity (Wildman–Crippen MR) is 124 cm³/mol. The average molecular weight is 429 g/mol. The minimum atomic E-state index is -0.301. The number of phenols is 1. The van der Waals surface area contributed by atoms with Crippen molar-refractivity contribution >= 4 is 0 Å². The summed E-state index contributed by atoms with van der Waals surface area (Å²) in [5.74, 6) is -0.206. The van der Waals surface area contributed by atoms with Gasteiger partial charge >= 0.3 is 0 Å². The summed E-state index contributed by atoms with van der Waals surface area (Å²) in [5, 5.41) is 15.1. The van der Waals surface area contributed by atoms with Crippen molar-refractivity contribution in [2.75, 3.05) is 0 Å². The fourth-order valence-corrected chi connectivity index (χ4v) is 4.09. The lowest BCUT2D eigenvalue weighted by atomic mass is 9.94. The van der Waals surface area contributed by atoms with Gasteiger partial charge in [0.15, 0.2) is 0 Å². The smallest absolute Gasteiger partial charge is 0.271 e. The van der Waals surface area contributed by atoms with Crippen LogP contribution in [0.25, 0.3) is 11.1 Å². The zero-order valence-corrected chi connectivity index (χ0v) is 18.1. The maximum Gasteiger partial charge on any atom is 0.271 e. The van der Waals surface area contributed by atoms with E-state index in [4.69, 9.17) is 0 Å². The Morgan fingerprint density at radius 1 is 0.969 bits per heavy atom. The molecule has 1 N–H and O–H groups in total. The molecule has 1 aromatic heterocycles. The van der Waals surface area contributed by atoms with Gasteiger partial charge in [0.2, 0.25) is 0 Å². The van der Waals surface area contributed by atoms with Gasteiger partial charge in [-0.2, -0.15) is 5.10 Å². The van der Waals surface area contributed by atoms with Crippen molar-refractivity contribution in [2.45, 2.75) is 32.7 Å². The van der Waals surface area contributed by atoms with Gasteiger partial charge in [-0.05, 0) is 56.0 Å². The lowest BCUT2D eigenvalue weighted by molar-refractivity contribution is 0.476. The standard InChI is InChI=1S/C27H25FN2O2/c1-18-26(23-13-6-7-14-25(23)31)24(16-15-20-9-8-12-22(28)17-20)27(32)30(29-18)19(2)21-10-4-3-5-11-21/h3-14,17,19,31H,15-16H2,1-2H3. The van der Waals surface area contributed by atoms with Gasteiger partial charge in [-0.15, -0.1) is 0 Å². The zero-order chi connectivity index (χ0) is 22.7. The summed E-state index contributed by atoms with van der Waals surface area (Å²) in [4.78, 5) is 13.7. The van der Waals surface area contributed by atoms with Gasteiger partial charge in [0, 0.05) is 16.7 Å². The molecule has 3 aromatic carbocycles. The van der Waals surface area contributed by atoms with E-state index in [2.05, 4.69) is 5.10 Å². The van der Waals surface area contributed by atoms with E-state index in [-0.39, 0.29) is 23.2 Å². The Labute approximate surface area is 186 Å². The molecule has 0 fully saturated rings. The second kappa shape index (κ2) is 9.18. The maximum atomic E-state index is 13.7. The molecule has 4 rings (SSSR count). The van der Waals surface area contributed by atoms with Crippen LogP contribution in [-0.2, 0) is 12.8 Å². The average Bonchev–Trinajstić information content (AvgIpc) is 2.80. The summed E-state index contributed by atoms with van der Waals surface area (Å²) < 4.78 is 15.2. The van der Waals surface area contributed by atoms with E-state index in [1.165, 1.54) is 16.8 Å². The van der Waals surface area contributed by atoms with Gasteiger partial charge in [-0.1, -0.05) is 60.7 Å². The van der Waals surface area contributed by atoms with E-state index in [0.717, 1.165) is 11.1 Å². The summed E-state index contributed by atoms with van der Waals surface area (Å²) in [5.41, 5.74) is 4.01. The van der Waals surface area contributed by atoms with Crippen LogP contribution in [0.15, 0.2) is 83.7 Å². The van der Waals surface area contributed by atoms with Crippen LogP contribution in [0.3, 0.4) is 0 Å². The topological polar surface area (TPSA) is 55.1 Å². The monoisotopic (exact) mass is 428 g/mol. The van der Waals surface area contributed by atoms with Crippen LogP contribution in [0.5, 0.6) is 5.75 Å². The SMILES string of the molecule is Cc1nn(C(C)c2ccccc2)c(=O)c(CCc2cccc(F)c2)c1-c1ccccc1O. The maximum absolute atomic E-state index is 13.7. The van der Waals surface area contributed by atoms with E-state index in [9.17, 15) is 14.3 Å². The molecule has 0 aliphatic heterocycles. The van der Waals surface area contributed by atoms with E-state index in [0.29, 0.717) is 35.2 Å². The molecule has 1 unspecified atom stereocenters. The molecule has 1 heterocycles. The summed E-state index contributed by atoms with van der Waals surface area (Å²) in [6, 6.07) is 22.8. The highest BCUT2D eigenvalue weighted by Crippen LogP contribution is 2.33. The number of aryl methyl sites for hydroxylation is 2. The van der Waals surface area contributed by atoms with Crippen molar-refractivity contribution < 1.29 is 9.50 Å². The van der Waals surface area contributed by atoms with Crippen LogP contribution in [0.1, 0.15) is 35.3 Å². The third-order valence-corrected chi connectivity index (χ3v) is 5.76. The minimum Gasteiger partial charge on any atom is -0.507 e. The fourth-order valence-electron chi connectivity index (χ4n) is 4.09. The van der Waals surface area contributed by atoms with Crippen molar-refractivity contribution in [1.82, 2.24) is 9.78 Å². The van der Waals surface area contributed by atoms with Crippen molar-refractivity contribution in [2.24, 2.45) is 0 Å². The number of nitrogens with zero attached hydrogens (tertiary/aromatic N) is 2. The number of aromatic nitrogens is 2. The summed E-state index contributed by atoms with van der Waals surface area (Å²) in [6.45, 7) is 3.79. The second-order valence-electron chi connectivity index (χ2n) is 7.92. The largest absolute Gasteiger partial charge is 0.507 e. The van der Waals surface area contributed by atoms with Crippen LogP contribution in [0.4, 0.5) is 4.39 Å². The molecule has 0 amide bonds. The van der Waals surface area contributed by atoms with Crippen molar-refractivity contribution in [3.05, 3.63) is 117 Å². The van der Waals surface area contributed by atoms with Crippen LogP contribution in [0, 0.1) is 12.7 Å². The predicted octanol–water partition coefficient (Wildman–Crippen LogP) is 5.46. The third kappa shape index (κ3) is 4.33. The summed E-state index contributed by atoms with van der Waals surface area (Å²) in [7, 11) is 0. The molecule has 1 atom stereocenters. The molecule has 0 aliphatic rings. The first-order valence-corrected chi connectivity index (χ1v) is 10.7. The third-order valence-electron chi connectivity index (χ3n) is 5.76. The second-order valence-corrected chi connectivity index (χ2v) is 7.92. The van der Waals surface area contributed by atoms with Gasteiger partial charge in [-0.25, -0.2) is 9.07 Å². The molecule has 4 aromatic rings. The first-order valence-electron chi connectivity index (χ1n) is 10.7. The molecule has 32 heavy (non-hydrogen) atoms. The molecular formula is C27H25FN2O2. The molecule has 0 saturated carbocycles. The van der Waals surface area contributed by atoms with E-state index >= 15 is 0 Å². The van der Waals surface area contributed by atoms with Gasteiger partial charge in [0.25, 0.3) is 5.56 Å². The number of benzene rings is 3. The van der Waals surface area contributed by atoms with Crippen LogP contribution < -0.4 is 5.56 Å². The zero-order valence-electron chi connectivity index (χ0n) is 18.1. The highest BCUT2D eigenvalue weighted by atomic mass is 19.1. The van der Waals surface area contributed by atoms with Crippen LogP contribution in [-0.4, -0.2) is 14.9 Å². The Balaban J connectivity index is 1.85. The van der Waals surface area contributed by atoms with Gasteiger partial charge in [0.1, 0.15) is 11.6 Å². The van der Waals surface area contributed by atoms with E-state index < -0.39 is 0 Å². The Kier molecular flexibility index (Phi) is 6.17. The summed E-state index contributed by atoms with van der Waals surface area (Å²) in [6.07, 6.45) is 0.896. The molecule has 162 valence electrons. The van der Waals surface area contributed by atoms with Gasteiger partial charge < -0.3 is 5.11 Å². The molecule has 0 spiro atoms. The van der Waals surface area contributed by atoms with E-state index in [1.807, 2.05) is 56.3 Å². The van der Waals surface area contributed by atoms with Crippen LogP contribution in [0.2, 0.25) is 0 Å². The minimum absolute atomic E-state index is 0.0951. The first-order chi connectivity index (χ1) is 15.5. The molecule has 0 radical (unpaired) electrons. The number of phenolic OH excluding ortho intramolecular Hbond substituents is 1. The Morgan fingerprint density at radius 3 is 2.41 bits per heavy atom. The highest BCUT2D eigenvalue weighted by Gasteiger charge is 2.21. The molecule has 5 heteroatoms. The number of halogens is 1. The molecular weight excluding hydrogens is 403 g/mol. The molecule has 0 saturated heterocycles. The van der Waals surface area contributed by atoms with Gasteiger partial charge in [0.05, 0.1) is 11.7 Å². The molecule has 0 aliphatic carbocycles. The summed E-state index contributed by atoms with van der Waals surface area (Å²) >= 11 is 0. The number of aromatic hydroxyl groups is 1. The van der Waals surface area contributed by atoms with Gasteiger partial charge in [-0.3, -0.25) is 4.79 Å². The number of hydrogen-bond acceptors (Lipinski definition) is 3. The lowest BCUT2D eigenvalue weighted by Gasteiger charge is -2.20. The molecule has 0 bridgehead atoms. The van der Waals surface area contributed by atoms with E-state index in [1.54, 1.807) is 24.3 Å². The number of para-hydroxylation sites is 1. The normalized spacial score (nSPS) is 12.0. The Morgan fingerprint density at radius 2 is 1.69 bits per heavy atom. The first kappa shape index (κ1) is 21.5. The van der Waals surface area contributed by atoms with Crippen molar-refractivity contribution in [3.8, 4) is 16.9 Å². The quantitative estimate of drug-likeness (QED) is 0.444. The fraction of sp³-hybridized carbons (Fsp3) is 0.185. The Bertz CT molecular complexity index is 1300. The molecule has 4 nitrogen and oxygen atoms in total. The highest BCUT2D eigenvalue weighted by molar-refractivity contribution is 5.74. The lowest BCUT2D eigenvalue weighted by Crippen LogP contribution is -2.31. The number of rotatable bonds is 6.